The van der Waals surface area contributed by atoms with Crippen molar-refractivity contribution >= 4 is 17.7 Å². The predicted octanol–water partition coefficient (Wildman–Crippen LogP) is 3.02. The van der Waals surface area contributed by atoms with Crippen molar-refractivity contribution in [3.8, 4) is 0 Å². The first kappa shape index (κ1) is 29.0. The molecule has 3 fully saturated rings. The van der Waals surface area contributed by atoms with Crippen LogP contribution in [0.4, 0.5) is 0 Å². The first-order chi connectivity index (χ1) is 18.7. The second kappa shape index (κ2) is 11.6. The van der Waals surface area contributed by atoms with Crippen LogP contribution in [0.25, 0.3) is 0 Å². The maximum absolute atomic E-state index is 14.4. The largest absolute Gasteiger partial charge is 0.396 e. The molecule has 2 bridgehead atoms. The van der Waals surface area contributed by atoms with Crippen LogP contribution in [0, 0.1) is 17.8 Å². The van der Waals surface area contributed by atoms with Gasteiger partial charge in [0.05, 0.1) is 17.4 Å². The highest BCUT2D eigenvalue weighted by atomic mass is 16.5. The maximum atomic E-state index is 14.4. The Balaban J connectivity index is 1.78. The average molecular weight is 538 g/mol. The number of carbonyl (C=O) groups is 3. The minimum Gasteiger partial charge on any atom is -0.396 e. The van der Waals surface area contributed by atoms with E-state index < -0.39 is 29.1 Å². The number of aliphatic hydroxyl groups excluding tert-OH is 1. The minimum absolute atomic E-state index is 0.0298. The lowest BCUT2D eigenvalue weighted by molar-refractivity contribution is -0.155. The number of aliphatic hydroxyl groups is 1. The number of carbonyl (C=O) groups excluding carboxylic acids is 3. The molecule has 39 heavy (non-hydrogen) atoms. The molecule has 1 aromatic carbocycles. The van der Waals surface area contributed by atoms with E-state index in [0.29, 0.717) is 39.0 Å². The fourth-order valence-corrected chi connectivity index (χ4v) is 7.15. The molecule has 3 heterocycles. The van der Waals surface area contributed by atoms with E-state index in [9.17, 15) is 19.5 Å². The van der Waals surface area contributed by atoms with Crippen LogP contribution in [0.1, 0.15) is 45.6 Å². The summed E-state index contributed by atoms with van der Waals surface area (Å²) in [7, 11) is 0. The second-order valence-corrected chi connectivity index (χ2v) is 11.4. The smallest absolute Gasteiger partial charge is 0.248 e. The summed E-state index contributed by atoms with van der Waals surface area (Å²) in [5, 5.41) is 9.62. The van der Waals surface area contributed by atoms with Crippen molar-refractivity contribution in [1.29, 1.82) is 0 Å². The average Bonchev–Trinajstić information content (AvgIpc) is 3.43. The van der Waals surface area contributed by atoms with Crippen molar-refractivity contribution in [3.63, 3.8) is 0 Å². The van der Waals surface area contributed by atoms with Crippen molar-refractivity contribution in [2.75, 3.05) is 32.8 Å². The van der Waals surface area contributed by atoms with Crippen LogP contribution < -0.4 is 0 Å². The fourth-order valence-electron chi connectivity index (χ4n) is 7.15. The normalized spacial score (nSPS) is 30.8. The molecule has 8 heteroatoms. The Labute approximate surface area is 232 Å². The highest BCUT2D eigenvalue weighted by Gasteiger charge is 2.80. The summed E-state index contributed by atoms with van der Waals surface area (Å²) < 4.78 is 6.85. The summed E-state index contributed by atoms with van der Waals surface area (Å²) in [6.07, 6.45) is 5.02. The van der Waals surface area contributed by atoms with Crippen LogP contribution in [-0.2, 0) is 25.7 Å². The molecule has 3 unspecified atom stereocenters. The van der Waals surface area contributed by atoms with E-state index in [-0.39, 0.29) is 36.8 Å². The van der Waals surface area contributed by atoms with Crippen molar-refractivity contribution in [3.05, 3.63) is 61.2 Å². The summed E-state index contributed by atoms with van der Waals surface area (Å²) in [4.78, 5) is 47.8. The van der Waals surface area contributed by atoms with E-state index in [1.165, 1.54) is 0 Å². The molecule has 8 nitrogen and oxygen atoms in total. The van der Waals surface area contributed by atoms with Gasteiger partial charge in [0.1, 0.15) is 11.6 Å². The molecule has 3 saturated heterocycles. The zero-order valence-corrected chi connectivity index (χ0v) is 23.6. The molecule has 0 radical (unpaired) electrons. The van der Waals surface area contributed by atoms with Crippen LogP contribution in [0.5, 0.6) is 0 Å². The van der Waals surface area contributed by atoms with E-state index in [1.54, 1.807) is 26.9 Å². The fraction of sp³-hybridized carbons (Fsp3) is 0.581. The molecular formula is C31H43N3O5. The first-order valence-corrected chi connectivity index (χ1v) is 14.1. The van der Waals surface area contributed by atoms with Crippen LogP contribution in [-0.4, -0.2) is 87.6 Å². The number of likely N-dealkylation sites (tertiary alicyclic amines) is 1. The number of amides is 3. The van der Waals surface area contributed by atoms with Gasteiger partial charge in [-0.25, -0.2) is 0 Å². The molecule has 0 aliphatic carbocycles. The van der Waals surface area contributed by atoms with Gasteiger partial charge in [-0.2, -0.15) is 0 Å². The number of benzene rings is 1. The van der Waals surface area contributed by atoms with Crippen LogP contribution in [0.3, 0.4) is 0 Å². The zero-order valence-electron chi connectivity index (χ0n) is 23.6. The molecule has 3 amide bonds. The van der Waals surface area contributed by atoms with Gasteiger partial charge in [0, 0.05) is 39.3 Å². The van der Waals surface area contributed by atoms with Gasteiger partial charge in [0.2, 0.25) is 17.7 Å². The van der Waals surface area contributed by atoms with Crippen molar-refractivity contribution in [2.45, 2.75) is 63.8 Å². The van der Waals surface area contributed by atoms with Gasteiger partial charge in [-0.3, -0.25) is 14.4 Å². The molecule has 212 valence electrons. The van der Waals surface area contributed by atoms with Crippen molar-refractivity contribution < 1.29 is 24.2 Å². The van der Waals surface area contributed by atoms with E-state index in [0.717, 1.165) is 12.0 Å². The Bertz CT molecular complexity index is 1090. The standard InChI is InChI=1S/C31H43N3O5/c1-6-15-32(16-7-2)27(36)24-25-28(37)34(18-12-19-35)26(31(25)20-22(4)30(24,5)39-31)29(38)33(17-8-3)21-23-13-10-9-11-14-23/h6,8-11,13-14,22,24-26,35H,1,3,7,12,15-21H2,2,4-5H3/t22?,24-,25-,26?,30+,31?/m0/s1. The third-order valence-corrected chi connectivity index (χ3v) is 8.90. The highest BCUT2D eigenvalue weighted by Crippen LogP contribution is 2.65. The maximum Gasteiger partial charge on any atom is 0.248 e. The molecular weight excluding hydrogens is 494 g/mol. The molecule has 3 aliphatic rings. The zero-order chi connectivity index (χ0) is 28.4. The van der Waals surface area contributed by atoms with Gasteiger partial charge in [0.15, 0.2) is 0 Å². The molecule has 0 saturated carbocycles. The summed E-state index contributed by atoms with van der Waals surface area (Å²) in [6, 6.07) is 8.83. The summed E-state index contributed by atoms with van der Waals surface area (Å²) >= 11 is 0. The lowest BCUT2D eigenvalue weighted by atomic mass is 9.62. The Kier molecular flexibility index (Phi) is 8.66. The minimum atomic E-state index is -1.11. The second-order valence-electron chi connectivity index (χ2n) is 11.4. The summed E-state index contributed by atoms with van der Waals surface area (Å²) in [5.74, 6) is -2.05. The monoisotopic (exact) mass is 537 g/mol. The number of rotatable bonds is 13. The van der Waals surface area contributed by atoms with Gasteiger partial charge in [-0.05, 0) is 37.7 Å². The van der Waals surface area contributed by atoms with Crippen LogP contribution >= 0.6 is 0 Å². The van der Waals surface area contributed by atoms with E-state index >= 15 is 0 Å². The van der Waals surface area contributed by atoms with E-state index in [1.807, 2.05) is 44.2 Å². The lowest BCUT2D eigenvalue weighted by Crippen LogP contribution is -2.57. The Morgan fingerprint density at radius 2 is 1.82 bits per heavy atom. The highest BCUT2D eigenvalue weighted by molar-refractivity contribution is 5.99. The number of ether oxygens (including phenoxy) is 1. The quantitative estimate of drug-likeness (QED) is 0.391. The third kappa shape index (κ3) is 4.82. The van der Waals surface area contributed by atoms with Gasteiger partial charge in [-0.15, -0.1) is 13.2 Å². The number of nitrogens with zero attached hydrogens (tertiary/aromatic N) is 3. The Hall–Kier alpha value is -2.97. The van der Waals surface area contributed by atoms with Gasteiger partial charge in [0.25, 0.3) is 0 Å². The molecule has 4 rings (SSSR count). The molecule has 1 spiro atoms. The number of hydrogen-bond acceptors (Lipinski definition) is 5. The number of fused-ring (bicyclic) bond motifs is 1. The predicted molar refractivity (Wildman–Crippen MR) is 149 cm³/mol. The SMILES string of the molecule is C=CCN(Cc1ccccc1)C(=O)C1N(CCCO)C(=O)[C@@H]2[C@@H](C(=O)N(CC=C)CCC)[C@]3(C)OC12CC3C. The van der Waals surface area contributed by atoms with Gasteiger partial charge in [-0.1, -0.05) is 56.3 Å². The van der Waals surface area contributed by atoms with E-state index in [2.05, 4.69) is 20.1 Å². The van der Waals surface area contributed by atoms with Gasteiger partial charge < -0.3 is 24.5 Å². The van der Waals surface area contributed by atoms with E-state index in [4.69, 9.17) is 4.74 Å². The molecule has 0 aromatic heterocycles. The van der Waals surface area contributed by atoms with Gasteiger partial charge >= 0.3 is 0 Å². The topological polar surface area (TPSA) is 90.4 Å². The van der Waals surface area contributed by atoms with Crippen molar-refractivity contribution in [2.24, 2.45) is 17.8 Å². The van der Waals surface area contributed by atoms with Crippen LogP contribution in [0.15, 0.2) is 55.6 Å². The summed E-state index contributed by atoms with van der Waals surface area (Å²) in [5.41, 5.74) is -1.01. The van der Waals surface area contributed by atoms with Crippen LogP contribution in [0.2, 0.25) is 0 Å². The molecule has 3 aliphatic heterocycles. The Morgan fingerprint density at radius 1 is 1.15 bits per heavy atom. The lowest BCUT2D eigenvalue weighted by Gasteiger charge is -2.39. The molecule has 1 aromatic rings. The summed E-state index contributed by atoms with van der Waals surface area (Å²) in [6.45, 7) is 15.4. The van der Waals surface area contributed by atoms with Crippen molar-refractivity contribution in [1.82, 2.24) is 14.7 Å². The molecule has 6 atom stereocenters. The first-order valence-electron chi connectivity index (χ1n) is 14.1. The third-order valence-electron chi connectivity index (χ3n) is 8.90. The Morgan fingerprint density at radius 3 is 2.44 bits per heavy atom. The molecule has 1 N–H and O–H groups in total. The number of hydrogen-bond donors (Lipinski definition) is 1.